The summed E-state index contributed by atoms with van der Waals surface area (Å²) in [6.07, 6.45) is 2.53. The predicted molar refractivity (Wildman–Crippen MR) is 73.7 cm³/mol. The first kappa shape index (κ1) is 14.0. The van der Waals surface area contributed by atoms with Gasteiger partial charge in [-0.3, -0.25) is 0 Å². The fourth-order valence-electron chi connectivity index (χ4n) is 2.34. The van der Waals surface area contributed by atoms with E-state index in [1.807, 2.05) is 0 Å². The van der Waals surface area contributed by atoms with Crippen LogP contribution >= 0.6 is 11.8 Å². The Labute approximate surface area is 124 Å². The number of hydrogen-bond donors (Lipinski definition) is 1. The second kappa shape index (κ2) is 5.44. The lowest BCUT2D eigenvalue weighted by Gasteiger charge is -2.09. The fourth-order valence-corrected chi connectivity index (χ4v) is 3.30. The van der Waals surface area contributed by atoms with Crippen molar-refractivity contribution in [2.75, 3.05) is 0 Å². The van der Waals surface area contributed by atoms with Gasteiger partial charge >= 0.3 is 5.97 Å². The lowest BCUT2D eigenvalue weighted by molar-refractivity contribution is 0.0692. The second-order valence-corrected chi connectivity index (χ2v) is 5.81. The molecule has 1 aliphatic carbocycles. The molecule has 6 heteroatoms. The van der Waals surface area contributed by atoms with Crippen LogP contribution in [-0.2, 0) is 12.8 Å². The zero-order chi connectivity index (χ0) is 15.0. The van der Waals surface area contributed by atoms with E-state index in [1.54, 1.807) is 6.07 Å². The molecule has 21 heavy (non-hydrogen) atoms. The maximum atomic E-state index is 13.7. The highest BCUT2D eigenvalue weighted by atomic mass is 32.2. The number of pyridine rings is 1. The highest BCUT2D eigenvalue weighted by Crippen LogP contribution is 2.34. The SMILES string of the molecule is O=C(O)c1cc2c(nc1Sc1cc(F)ccc1F)CCC2. The first-order chi connectivity index (χ1) is 10.0. The molecule has 0 saturated carbocycles. The molecular formula is C15H11F2NO2S. The summed E-state index contributed by atoms with van der Waals surface area (Å²) >= 11 is 0.842. The number of nitrogens with zero attached hydrogens (tertiary/aromatic N) is 1. The van der Waals surface area contributed by atoms with Crippen molar-refractivity contribution < 1.29 is 18.7 Å². The van der Waals surface area contributed by atoms with E-state index in [0.717, 1.165) is 60.5 Å². The molecule has 0 radical (unpaired) electrons. The largest absolute Gasteiger partial charge is 0.478 e. The van der Waals surface area contributed by atoms with E-state index in [4.69, 9.17) is 0 Å². The number of fused-ring (bicyclic) bond motifs is 1. The minimum atomic E-state index is -1.11. The molecule has 1 heterocycles. The van der Waals surface area contributed by atoms with Crippen LogP contribution in [0.3, 0.4) is 0 Å². The van der Waals surface area contributed by atoms with Crippen molar-refractivity contribution in [1.29, 1.82) is 0 Å². The number of hydrogen-bond acceptors (Lipinski definition) is 3. The third-order valence-electron chi connectivity index (χ3n) is 3.35. The Morgan fingerprint density at radius 1 is 1.24 bits per heavy atom. The molecule has 108 valence electrons. The number of carboxylic acids is 1. The molecule has 0 unspecified atom stereocenters. The molecule has 0 atom stereocenters. The summed E-state index contributed by atoms with van der Waals surface area (Å²) in [4.78, 5) is 15.7. The Bertz CT molecular complexity index is 734. The average molecular weight is 307 g/mol. The van der Waals surface area contributed by atoms with Crippen molar-refractivity contribution in [1.82, 2.24) is 4.98 Å². The number of halogens is 2. The standard InChI is InChI=1S/C15H11F2NO2S/c16-9-4-5-11(17)13(7-9)21-14-10(15(19)20)6-8-2-1-3-12(8)18-14/h4-7H,1-3H2,(H,19,20). The van der Waals surface area contributed by atoms with Crippen LogP contribution in [0.15, 0.2) is 34.2 Å². The Balaban J connectivity index is 2.05. The monoisotopic (exact) mass is 307 g/mol. The Morgan fingerprint density at radius 3 is 2.81 bits per heavy atom. The van der Waals surface area contributed by atoms with Gasteiger partial charge in [-0.2, -0.15) is 0 Å². The summed E-state index contributed by atoms with van der Waals surface area (Å²) in [6.45, 7) is 0. The van der Waals surface area contributed by atoms with Gasteiger partial charge in [0.05, 0.1) is 10.5 Å². The van der Waals surface area contributed by atoms with Gasteiger partial charge in [-0.25, -0.2) is 18.6 Å². The smallest absolute Gasteiger partial charge is 0.338 e. The highest BCUT2D eigenvalue weighted by Gasteiger charge is 2.21. The summed E-state index contributed by atoms with van der Waals surface area (Å²) in [6, 6.07) is 4.68. The average Bonchev–Trinajstić information content (AvgIpc) is 2.89. The fraction of sp³-hybridized carbons (Fsp3) is 0.200. The van der Waals surface area contributed by atoms with Gasteiger partial charge in [-0.1, -0.05) is 11.8 Å². The van der Waals surface area contributed by atoms with E-state index in [1.165, 1.54) is 0 Å². The van der Waals surface area contributed by atoms with Gasteiger partial charge in [0.2, 0.25) is 0 Å². The zero-order valence-corrected chi connectivity index (χ0v) is 11.7. The molecule has 0 spiro atoms. The lowest BCUT2D eigenvalue weighted by Crippen LogP contribution is -2.04. The minimum Gasteiger partial charge on any atom is -0.478 e. The number of carboxylic acid groups (broad SMARTS) is 1. The van der Waals surface area contributed by atoms with Crippen LogP contribution in [0.2, 0.25) is 0 Å². The number of rotatable bonds is 3. The van der Waals surface area contributed by atoms with Gasteiger partial charge in [-0.15, -0.1) is 0 Å². The number of aromatic carboxylic acids is 1. The molecule has 3 rings (SSSR count). The van der Waals surface area contributed by atoms with Gasteiger partial charge in [0.15, 0.2) is 0 Å². The van der Waals surface area contributed by atoms with Crippen LogP contribution in [0.1, 0.15) is 28.0 Å². The third kappa shape index (κ3) is 2.76. The van der Waals surface area contributed by atoms with Crippen molar-refractivity contribution in [2.24, 2.45) is 0 Å². The number of carbonyl (C=O) groups is 1. The lowest BCUT2D eigenvalue weighted by atomic mass is 10.1. The highest BCUT2D eigenvalue weighted by molar-refractivity contribution is 7.99. The Kier molecular flexibility index (Phi) is 3.63. The molecule has 0 aliphatic heterocycles. The van der Waals surface area contributed by atoms with E-state index in [0.29, 0.717) is 0 Å². The van der Waals surface area contributed by atoms with Gasteiger partial charge in [0.25, 0.3) is 0 Å². The quantitative estimate of drug-likeness (QED) is 0.939. The molecule has 1 aromatic carbocycles. The molecule has 1 N–H and O–H groups in total. The van der Waals surface area contributed by atoms with E-state index >= 15 is 0 Å². The molecule has 1 aliphatic rings. The predicted octanol–water partition coefficient (Wildman–Crippen LogP) is 3.70. The first-order valence-electron chi connectivity index (χ1n) is 6.43. The Hall–Kier alpha value is -1.95. The first-order valence-corrected chi connectivity index (χ1v) is 7.25. The normalized spacial score (nSPS) is 13.2. The molecule has 1 aromatic heterocycles. The number of aryl methyl sites for hydroxylation is 2. The second-order valence-electron chi connectivity index (χ2n) is 4.78. The van der Waals surface area contributed by atoms with E-state index in [-0.39, 0.29) is 15.5 Å². The van der Waals surface area contributed by atoms with Crippen molar-refractivity contribution >= 4 is 17.7 Å². The van der Waals surface area contributed by atoms with Gasteiger partial charge in [0, 0.05) is 5.69 Å². The van der Waals surface area contributed by atoms with E-state index in [9.17, 15) is 18.7 Å². The molecule has 2 aromatic rings. The van der Waals surface area contributed by atoms with Crippen LogP contribution in [-0.4, -0.2) is 16.1 Å². The molecule has 0 saturated heterocycles. The molecule has 0 bridgehead atoms. The summed E-state index contributed by atoms with van der Waals surface area (Å²) in [5, 5.41) is 9.48. The number of aromatic nitrogens is 1. The van der Waals surface area contributed by atoms with Crippen LogP contribution in [0, 0.1) is 11.6 Å². The van der Waals surface area contributed by atoms with Crippen molar-refractivity contribution in [3.05, 3.63) is 52.7 Å². The molecule has 0 amide bonds. The van der Waals surface area contributed by atoms with Crippen molar-refractivity contribution in [3.8, 4) is 0 Å². The van der Waals surface area contributed by atoms with Crippen LogP contribution < -0.4 is 0 Å². The summed E-state index contributed by atoms with van der Waals surface area (Å²) in [5.41, 5.74) is 1.81. The van der Waals surface area contributed by atoms with Gasteiger partial charge in [0.1, 0.15) is 16.7 Å². The van der Waals surface area contributed by atoms with E-state index in [2.05, 4.69) is 4.98 Å². The van der Waals surface area contributed by atoms with Crippen LogP contribution in [0.5, 0.6) is 0 Å². The summed E-state index contributed by atoms with van der Waals surface area (Å²) in [7, 11) is 0. The third-order valence-corrected chi connectivity index (χ3v) is 4.38. The molecular weight excluding hydrogens is 296 g/mol. The molecule has 3 nitrogen and oxygen atoms in total. The zero-order valence-electron chi connectivity index (χ0n) is 10.9. The minimum absolute atomic E-state index is 0.0305. The van der Waals surface area contributed by atoms with E-state index < -0.39 is 17.6 Å². The molecule has 0 fully saturated rings. The van der Waals surface area contributed by atoms with Crippen molar-refractivity contribution in [3.63, 3.8) is 0 Å². The maximum Gasteiger partial charge on any atom is 0.338 e. The van der Waals surface area contributed by atoms with Gasteiger partial charge < -0.3 is 5.11 Å². The maximum absolute atomic E-state index is 13.7. The van der Waals surface area contributed by atoms with Crippen molar-refractivity contribution in [2.45, 2.75) is 29.2 Å². The summed E-state index contributed by atoms with van der Waals surface area (Å²) in [5.74, 6) is -2.28. The Morgan fingerprint density at radius 2 is 2.05 bits per heavy atom. The van der Waals surface area contributed by atoms with Gasteiger partial charge in [-0.05, 0) is 49.1 Å². The topological polar surface area (TPSA) is 50.2 Å². The van der Waals surface area contributed by atoms with Crippen LogP contribution in [0.4, 0.5) is 8.78 Å². The van der Waals surface area contributed by atoms with Crippen LogP contribution in [0.25, 0.3) is 0 Å². The number of benzene rings is 1. The summed E-state index contributed by atoms with van der Waals surface area (Å²) < 4.78 is 26.9.